The highest BCUT2D eigenvalue weighted by molar-refractivity contribution is 6.93. The van der Waals surface area contributed by atoms with Crippen LogP contribution in [0.25, 0.3) is 11.1 Å². The van der Waals surface area contributed by atoms with Crippen LogP contribution in [0.2, 0.25) is 0 Å². The van der Waals surface area contributed by atoms with Crippen LogP contribution in [-0.2, 0) is 21.7 Å². The zero-order chi connectivity index (χ0) is 45.2. The summed E-state index contributed by atoms with van der Waals surface area (Å²) in [6, 6.07) is 56.4. The van der Waals surface area contributed by atoms with Crippen molar-refractivity contribution in [2.24, 2.45) is 0 Å². The second kappa shape index (κ2) is 14.5. The zero-order valence-electron chi connectivity index (χ0n) is 40.4. The first-order chi connectivity index (χ1) is 30.2. The number of hydrogen-bond acceptors (Lipinski definition) is 3. The number of para-hydroxylation sites is 2. The minimum absolute atomic E-state index is 0.0386. The van der Waals surface area contributed by atoms with Gasteiger partial charge in [0.05, 0.1) is 5.69 Å². The number of hydrogen-bond donors (Lipinski definition) is 0. The highest BCUT2D eigenvalue weighted by atomic mass is 15.2. The molecule has 0 atom stereocenters. The van der Waals surface area contributed by atoms with Crippen molar-refractivity contribution in [1.29, 1.82) is 0 Å². The molecule has 0 spiro atoms. The molecule has 7 aromatic rings. The summed E-state index contributed by atoms with van der Waals surface area (Å²) in [4.78, 5) is 7.74. The topological polar surface area (TPSA) is 9.72 Å². The highest BCUT2D eigenvalue weighted by Gasteiger charge is 2.49. The van der Waals surface area contributed by atoms with Gasteiger partial charge in [-0.05, 0) is 139 Å². The molecule has 0 saturated heterocycles. The predicted octanol–water partition coefficient (Wildman–Crippen LogP) is 15.5. The first kappa shape index (κ1) is 42.0. The van der Waals surface area contributed by atoms with Crippen LogP contribution in [0.4, 0.5) is 45.5 Å². The molecule has 322 valence electrons. The zero-order valence-corrected chi connectivity index (χ0v) is 40.4. The lowest BCUT2D eigenvalue weighted by Gasteiger charge is -2.50. The van der Waals surface area contributed by atoms with E-state index in [1.807, 2.05) is 0 Å². The van der Waals surface area contributed by atoms with Crippen LogP contribution in [0.1, 0.15) is 129 Å². The van der Waals surface area contributed by atoms with Gasteiger partial charge in [0.15, 0.2) is 0 Å². The van der Waals surface area contributed by atoms with Gasteiger partial charge in [0.1, 0.15) is 0 Å². The Hall–Kier alpha value is -6.00. The monoisotopic (exact) mass is 838 g/mol. The smallest absolute Gasteiger partial charge is 0.333 e. The van der Waals surface area contributed by atoms with E-state index in [4.69, 9.17) is 0 Å². The van der Waals surface area contributed by atoms with E-state index in [0.29, 0.717) is 5.92 Å². The van der Waals surface area contributed by atoms with Gasteiger partial charge in [-0.25, -0.2) is 0 Å². The van der Waals surface area contributed by atoms with Crippen molar-refractivity contribution in [3.8, 4) is 11.1 Å². The fourth-order valence-corrected chi connectivity index (χ4v) is 10.7. The summed E-state index contributed by atoms with van der Waals surface area (Å²) in [5.74, 6) is 0.335. The quantitative estimate of drug-likeness (QED) is 0.160. The van der Waals surface area contributed by atoms with Crippen molar-refractivity contribution in [2.75, 3.05) is 14.6 Å². The first-order valence-corrected chi connectivity index (χ1v) is 23.5. The second-order valence-corrected chi connectivity index (χ2v) is 22.6. The maximum absolute atomic E-state index is 2.66. The number of fused-ring (bicyclic) bond motifs is 6. The van der Waals surface area contributed by atoms with Crippen molar-refractivity contribution < 1.29 is 0 Å². The molecule has 0 bridgehead atoms. The van der Waals surface area contributed by atoms with Gasteiger partial charge in [0.25, 0.3) is 0 Å². The SMILES string of the molecule is CC(C)c1cc2c3c(c1)N1c4ccccc4C(C)(C)c4cccc(c41)B3N(c1ccc(C(C)(C)C)cc1)c1ccc(N(c3ccc(C(C)(C)C)cc3)c3ccc(C(C)(C)C)cc3)cc1-2. The van der Waals surface area contributed by atoms with Gasteiger partial charge in [-0.2, -0.15) is 0 Å². The van der Waals surface area contributed by atoms with Crippen LogP contribution in [0.15, 0.2) is 146 Å². The molecule has 0 unspecified atom stereocenters. The Morgan fingerprint density at radius 1 is 0.500 bits per heavy atom. The highest BCUT2D eigenvalue weighted by Crippen LogP contribution is 2.55. The molecule has 0 saturated carbocycles. The summed E-state index contributed by atoms with van der Waals surface area (Å²) in [6.45, 7) is 30.1. The van der Waals surface area contributed by atoms with Gasteiger partial charge in [0.2, 0.25) is 0 Å². The van der Waals surface area contributed by atoms with E-state index in [1.165, 1.54) is 83.9 Å². The molecule has 64 heavy (non-hydrogen) atoms. The van der Waals surface area contributed by atoms with Gasteiger partial charge in [0, 0.05) is 50.8 Å². The molecule has 0 amide bonds. The molecule has 3 heterocycles. The third kappa shape index (κ3) is 6.62. The van der Waals surface area contributed by atoms with E-state index in [2.05, 4.69) is 250 Å². The van der Waals surface area contributed by atoms with Crippen LogP contribution in [0.3, 0.4) is 0 Å². The molecule has 0 aliphatic carbocycles. The van der Waals surface area contributed by atoms with E-state index < -0.39 is 0 Å². The number of rotatable bonds is 5. The van der Waals surface area contributed by atoms with Crippen LogP contribution in [0, 0.1) is 0 Å². The lowest BCUT2D eigenvalue weighted by Crippen LogP contribution is -2.62. The minimum atomic E-state index is -0.172. The number of nitrogens with zero attached hydrogens (tertiary/aromatic N) is 3. The minimum Gasteiger partial charge on any atom is -0.376 e. The third-order valence-electron chi connectivity index (χ3n) is 14.5. The fraction of sp³-hybridized carbons (Fsp3) is 0.300. The molecule has 10 rings (SSSR count). The van der Waals surface area contributed by atoms with Gasteiger partial charge in [-0.3, -0.25) is 0 Å². The molecule has 4 heteroatoms. The van der Waals surface area contributed by atoms with Crippen LogP contribution < -0.4 is 25.5 Å². The summed E-state index contributed by atoms with van der Waals surface area (Å²) >= 11 is 0. The van der Waals surface area contributed by atoms with Crippen molar-refractivity contribution in [3.63, 3.8) is 0 Å². The van der Waals surface area contributed by atoms with E-state index >= 15 is 0 Å². The first-order valence-electron chi connectivity index (χ1n) is 23.5. The normalized spacial score (nSPS) is 14.8. The fourth-order valence-electron chi connectivity index (χ4n) is 10.7. The van der Waals surface area contributed by atoms with Gasteiger partial charge < -0.3 is 14.6 Å². The molecule has 3 aliphatic heterocycles. The standard InChI is InChI=1S/C60H64BN3/c1-38(2)39-35-48-47-37-46(62(43-27-21-40(22-28-43)57(3,4)5)44-29-23-41(24-30-44)58(6,7)8)33-34-52(47)64(45-31-25-42(26-32-45)59(9,10)11)61-51-19-16-18-50-56(51)63(54(36-39)55(48)61)53-20-15-14-17-49(53)60(50,12)13/h14-38H,1-13H3. The maximum atomic E-state index is 2.66. The van der Waals surface area contributed by atoms with E-state index in [1.54, 1.807) is 0 Å². The maximum Gasteiger partial charge on any atom is 0.333 e. The largest absolute Gasteiger partial charge is 0.376 e. The van der Waals surface area contributed by atoms with E-state index in [-0.39, 0.29) is 28.5 Å². The van der Waals surface area contributed by atoms with Crippen molar-refractivity contribution in [2.45, 2.75) is 118 Å². The second-order valence-electron chi connectivity index (χ2n) is 22.6. The van der Waals surface area contributed by atoms with Gasteiger partial charge >= 0.3 is 6.85 Å². The number of benzene rings is 7. The van der Waals surface area contributed by atoms with Gasteiger partial charge in [-0.15, -0.1) is 0 Å². The summed E-state index contributed by atoms with van der Waals surface area (Å²) in [5, 5.41) is 0. The molecular weight excluding hydrogens is 773 g/mol. The Morgan fingerprint density at radius 2 is 1.03 bits per heavy atom. The van der Waals surface area contributed by atoms with Crippen molar-refractivity contribution in [3.05, 3.63) is 179 Å². The van der Waals surface area contributed by atoms with Crippen molar-refractivity contribution >= 4 is 63.3 Å². The third-order valence-corrected chi connectivity index (χ3v) is 14.5. The molecule has 3 nitrogen and oxygen atoms in total. The van der Waals surface area contributed by atoms with Crippen LogP contribution in [-0.4, -0.2) is 6.85 Å². The Bertz CT molecular complexity index is 2880. The summed E-state index contributed by atoms with van der Waals surface area (Å²) < 4.78 is 0. The Labute approximate surface area is 383 Å². The Balaban J connectivity index is 1.27. The van der Waals surface area contributed by atoms with Gasteiger partial charge in [-0.1, -0.05) is 169 Å². The lowest BCUT2D eigenvalue weighted by atomic mass is 9.42. The molecular formula is C60H64BN3. The lowest BCUT2D eigenvalue weighted by molar-refractivity contribution is 0.590. The molecule has 0 N–H and O–H groups in total. The molecule has 3 aliphatic rings. The van der Waals surface area contributed by atoms with Crippen LogP contribution >= 0.6 is 0 Å². The predicted molar refractivity (Wildman–Crippen MR) is 277 cm³/mol. The van der Waals surface area contributed by atoms with E-state index in [0.717, 1.165) is 17.1 Å². The molecule has 0 radical (unpaired) electrons. The Morgan fingerprint density at radius 3 is 1.59 bits per heavy atom. The van der Waals surface area contributed by atoms with E-state index in [9.17, 15) is 0 Å². The summed E-state index contributed by atoms with van der Waals surface area (Å²) in [7, 11) is 0. The number of anilines is 8. The average Bonchev–Trinajstić information content (AvgIpc) is 3.25. The molecule has 0 fully saturated rings. The van der Waals surface area contributed by atoms with Crippen LogP contribution in [0.5, 0.6) is 0 Å². The van der Waals surface area contributed by atoms with Crippen molar-refractivity contribution in [1.82, 2.24) is 0 Å². The molecule has 7 aromatic carbocycles. The summed E-state index contributed by atoms with van der Waals surface area (Å²) in [5.41, 5.74) is 23.1. The average molecular weight is 838 g/mol. The summed E-state index contributed by atoms with van der Waals surface area (Å²) in [6.07, 6.45) is 0. The Kier molecular flexibility index (Phi) is 9.52. The molecule has 0 aromatic heterocycles.